The highest BCUT2D eigenvalue weighted by Crippen LogP contribution is 2.38. The fourth-order valence-electron chi connectivity index (χ4n) is 3.77. The van der Waals surface area contributed by atoms with Gasteiger partial charge in [-0.25, -0.2) is 4.68 Å². The van der Waals surface area contributed by atoms with Crippen molar-refractivity contribution in [1.29, 1.82) is 0 Å². The van der Waals surface area contributed by atoms with E-state index in [0.717, 1.165) is 36.5 Å². The van der Waals surface area contributed by atoms with Gasteiger partial charge in [-0.15, -0.1) is 5.10 Å². The molecule has 0 amide bonds. The predicted octanol–water partition coefficient (Wildman–Crippen LogP) is 2.72. The molecule has 2 aliphatic heterocycles. The summed E-state index contributed by atoms with van der Waals surface area (Å²) in [5, 5.41) is 8.39. The summed E-state index contributed by atoms with van der Waals surface area (Å²) in [6, 6.07) is 19.3. The third-order valence-electron chi connectivity index (χ3n) is 4.93. The lowest BCUT2D eigenvalue weighted by Gasteiger charge is -2.26. The van der Waals surface area contributed by atoms with Crippen LogP contribution in [-0.4, -0.2) is 32.5 Å². The van der Waals surface area contributed by atoms with E-state index in [0.29, 0.717) is 6.04 Å². The molecule has 2 atom stereocenters. The molecule has 3 heterocycles. The van der Waals surface area contributed by atoms with Gasteiger partial charge in [-0.1, -0.05) is 53.7 Å². The van der Waals surface area contributed by atoms with Crippen molar-refractivity contribution in [2.45, 2.75) is 25.2 Å². The molecule has 0 saturated carbocycles. The van der Waals surface area contributed by atoms with E-state index in [2.05, 4.69) is 63.7 Å². The zero-order chi connectivity index (χ0) is 15.9. The first-order valence-electron chi connectivity index (χ1n) is 8.30. The fraction of sp³-hybridized carbons (Fsp3) is 0.263. The number of para-hydroxylation sites is 1. The van der Waals surface area contributed by atoms with E-state index in [9.17, 15) is 0 Å². The van der Waals surface area contributed by atoms with Crippen LogP contribution in [0, 0.1) is 0 Å². The summed E-state index contributed by atoms with van der Waals surface area (Å²) in [4.78, 5) is 2.44. The Kier molecular flexibility index (Phi) is 3.21. The normalized spacial score (nSPS) is 22.5. The molecule has 1 aromatic heterocycles. The van der Waals surface area contributed by atoms with Crippen molar-refractivity contribution in [2.24, 2.45) is 0 Å². The van der Waals surface area contributed by atoms with Crippen LogP contribution in [0.2, 0.25) is 0 Å². The second kappa shape index (κ2) is 5.54. The standard InChI is InChI=1S/C19H18N4O/c1-2-6-14(7-3-1)10-15-13-24-19-17-8-4-5-9-18(17)23-16(11-20-21-23)12-22(15)19/h1-9,11,15,19H,10,12-13H2/t15-,19+/m0/s1. The summed E-state index contributed by atoms with van der Waals surface area (Å²) in [7, 11) is 0. The van der Waals surface area contributed by atoms with Crippen molar-refractivity contribution in [2.75, 3.05) is 6.61 Å². The summed E-state index contributed by atoms with van der Waals surface area (Å²) in [5.41, 5.74) is 4.68. The molecule has 0 bridgehead atoms. The monoisotopic (exact) mass is 318 g/mol. The molecule has 24 heavy (non-hydrogen) atoms. The van der Waals surface area contributed by atoms with Gasteiger partial charge < -0.3 is 4.74 Å². The molecule has 2 aromatic carbocycles. The molecule has 2 aliphatic rings. The van der Waals surface area contributed by atoms with E-state index in [1.165, 1.54) is 5.56 Å². The summed E-state index contributed by atoms with van der Waals surface area (Å²) in [6.07, 6.45) is 2.83. The van der Waals surface area contributed by atoms with Crippen LogP contribution in [0.5, 0.6) is 0 Å². The Labute approximate surface area is 140 Å². The maximum absolute atomic E-state index is 6.21. The summed E-state index contributed by atoms with van der Waals surface area (Å²) in [6.45, 7) is 1.54. The number of hydrogen-bond donors (Lipinski definition) is 0. The minimum atomic E-state index is -0.0170. The van der Waals surface area contributed by atoms with Gasteiger partial charge >= 0.3 is 0 Å². The van der Waals surface area contributed by atoms with E-state index in [4.69, 9.17) is 4.74 Å². The molecule has 0 spiro atoms. The van der Waals surface area contributed by atoms with E-state index in [1.807, 2.05) is 16.9 Å². The van der Waals surface area contributed by atoms with Gasteiger partial charge in [0.05, 0.1) is 24.2 Å². The van der Waals surface area contributed by atoms with Gasteiger partial charge in [0.2, 0.25) is 0 Å². The Morgan fingerprint density at radius 3 is 2.79 bits per heavy atom. The molecule has 3 aromatic rings. The van der Waals surface area contributed by atoms with Gasteiger partial charge in [0.15, 0.2) is 0 Å². The molecule has 120 valence electrons. The average molecular weight is 318 g/mol. The highest BCUT2D eigenvalue weighted by molar-refractivity contribution is 5.44. The molecule has 0 radical (unpaired) electrons. The van der Waals surface area contributed by atoms with Crippen molar-refractivity contribution in [3.8, 4) is 5.69 Å². The lowest BCUT2D eigenvalue weighted by molar-refractivity contribution is 0.0263. The second-order valence-corrected chi connectivity index (χ2v) is 6.40. The van der Waals surface area contributed by atoms with Gasteiger partial charge in [-0.05, 0) is 18.1 Å². The van der Waals surface area contributed by atoms with Gasteiger partial charge in [0.25, 0.3) is 0 Å². The van der Waals surface area contributed by atoms with Crippen LogP contribution in [0.3, 0.4) is 0 Å². The van der Waals surface area contributed by atoms with Crippen molar-refractivity contribution < 1.29 is 4.74 Å². The van der Waals surface area contributed by atoms with Crippen LogP contribution in [0.4, 0.5) is 0 Å². The Bertz CT molecular complexity index is 861. The Morgan fingerprint density at radius 1 is 1.04 bits per heavy atom. The lowest BCUT2D eigenvalue weighted by Crippen LogP contribution is -2.33. The first-order chi connectivity index (χ1) is 11.9. The van der Waals surface area contributed by atoms with Gasteiger partial charge in [-0.2, -0.15) is 0 Å². The van der Waals surface area contributed by atoms with Crippen LogP contribution < -0.4 is 0 Å². The SMILES string of the molecule is c1ccc(C[C@H]2CO[C@@H]3c4ccccc4-n4nncc4CN23)cc1. The van der Waals surface area contributed by atoms with Crippen LogP contribution >= 0.6 is 0 Å². The Morgan fingerprint density at radius 2 is 1.88 bits per heavy atom. The quantitative estimate of drug-likeness (QED) is 0.729. The number of fused-ring (bicyclic) bond motifs is 5. The lowest BCUT2D eigenvalue weighted by atomic mass is 10.0. The maximum Gasteiger partial charge on any atom is 0.139 e. The Balaban J connectivity index is 1.54. The highest BCUT2D eigenvalue weighted by Gasteiger charge is 2.39. The number of hydrogen-bond acceptors (Lipinski definition) is 4. The van der Waals surface area contributed by atoms with E-state index >= 15 is 0 Å². The molecule has 0 N–H and O–H groups in total. The molecule has 5 rings (SSSR count). The number of aromatic nitrogens is 3. The zero-order valence-corrected chi connectivity index (χ0v) is 13.2. The first-order valence-corrected chi connectivity index (χ1v) is 8.30. The number of rotatable bonds is 2. The van der Waals surface area contributed by atoms with Crippen LogP contribution in [0.1, 0.15) is 23.0 Å². The molecular formula is C19H18N4O. The fourth-order valence-corrected chi connectivity index (χ4v) is 3.77. The third-order valence-corrected chi connectivity index (χ3v) is 4.93. The van der Waals surface area contributed by atoms with Crippen LogP contribution in [0.15, 0.2) is 60.8 Å². The first kappa shape index (κ1) is 13.9. The summed E-state index contributed by atoms with van der Waals surface area (Å²) >= 11 is 0. The average Bonchev–Trinajstić information content (AvgIpc) is 3.21. The molecule has 5 nitrogen and oxygen atoms in total. The maximum atomic E-state index is 6.21. The van der Waals surface area contributed by atoms with E-state index < -0.39 is 0 Å². The molecule has 0 unspecified atom stereocenters. The van der Waals surface area contributed by atoms with Crippen LogP contribution in [0.25, 0.3) is 5.69 Å². The number of nitrogens with zero attached hydrogens (tertiary/aromatic N) is 4. The predicted molar refractivity (Wildman–Crippen MR) is 89.5 cm³/mol. The smallest absolute Gasteiger partial charge is 0.139 e. The molecule has 5 heteroatoms. The second-order valence-electron chi connectivity index (χ2n) is 6.40. The third kappa shape index (κ3) is 2.17. The van der Waals surface area contributed by atoms with Crippen LogP contribution in [-0.2, 0) is 17.7 Å². The molecular weight excluding hydrogens is 300 g/mol. The van der Waals surface area contributed by atoms with Crippen molar-refractivity contribution in [1.82, 2.24) is 19.9 Å². The number of ether oxygens (including phenoxy) is 1. The topological polar surface area (TPSA) is 43.2 Å². The Hall–Kier alpha value is -2.50. The van der Waals surface area contributed by atoms with Gasteiger partial charge in [0.1, 0.15) is 6.23 Å². The largest absolute Gasteiger partial charge is 0.357 e. The van der Waals surface area contributed by atoms with Gasteiger partial charge in [-0.3, -0.25) is 4.90 Å². The molecule has 1 fully saturated rings. The summed E-state index contributed by atoms with van der Waals surface area (Å²) < 4.78 is 8.15. The number of benzene rings is 2. The van der Waals surface area contributed by atoms with Crippen molar-refractivity contribution in [3.63, 3.8) is 0 Å². The van der Waals surface area contributed by atoms with E-state index in [-0.39, 0.29) is 6.23 Å². The van der Waals surface area contributed by atoms with Gasteiger partial charge in [0, 0.05) is 18.2 Å². The minimum Gasteiger partial charge on any atom is -0.357 e. The molecule has 0 aliphatic carbocycles. The van der Waals surface area contributed by atoms with Crippen molar-refractivity contribution >= 4 is 0 Å². The zero-order valence-electron chi connectivity index (χ0n) is 13.2. The molecule has 1 saturated heterocycles. The minimum absolute atomic E-state index is 0.0170. The summed E-state index contributed by atoms with van der Waals surface area (Å²) in [5.74, 6) is 0. The van der Waals surface area contributed by atoms with E-state index in [1.54, 1.807) is 0 Å². The highest BCUT2D eigenvalue weighted by atomic mass is 16.5. The van der Waals surface area contributed by atoms with Crippen molar-refractivity contribution in [3.05, 3.63) is 77.6 Å².